The maximum Gasteiger partial charge on any atom is 0.303 e. The number of fused-ring (bicyclic) bond motifs is 1. The molecule has 0 saturated heterocycles. The molecule has 0 radical (unpaired) electrons. The average Bonchev–Trinajstić information content (AvgIpc) is 3.35. The van der Waals surface area contributed by atoms with E-state index in [0.29, 0.717) is 30.4 Å². The number of para-hydroxylation sites is 1. The molecule has 0 spiro atoms. The summed E-state index contributed by atoms with van der Waals surface area (Å²) in [5.41, 5.74) is 3.21. The maximum atomic E-state index is 12.3. The molecule has 0 unspecified atom stereocenters. The predicted molar refractivity (Wildman–Crippen MR) is 144 cm³/mol. The van der Waals surface area contributed by atoms with Crippen LogP contribution < -0.4 is 10.1 Å². The topological polar surface area (TPSA) is 102 Å². The maximum absolute atomic E-state index is 12.3. The van der Waals surface area contributed by atoms with Crippen molar-refractivity contribution in [1.29, 1.82) is 0 Å². The summed E-state index contributed by atoms with van der Waals surface area (Å²) in [6, 6.07) is 21.0. The summed E-state index contributed by atoms with van der Waals surface area (Å²) >= 11 is 0. The van der Waals surface area contributed by atoms with Gasteiger partial charge in [-0.25, -0.2) is 4.98 Å². The smallest absolute Gasteiger partial charge is 0.303 e. The summed E-state index contributed by atoms with van der Waals surface area (Å²) in [5.74, 6) is 0.711. The van der Waals surface area contributed by atoms with Gasteiger partial charge in [-0.15, -0.1) is 0 Å². The number of pyridine rings is 1. The Morgan fingerprint density at radius 1 is 1.05 bits per heavy atom. The number of ether oxygens (including phenoxy) is 1. The zero-order chi connectivity index (χ0) is 26.2. The standard InChI is InChI=1S/C30H32N2O5/c1-3-20(2)25(32-24-14-11-21(12-15-24)26(33)8-6-10-30(34)35)19-36-29-16-13-23(18-31-29)28-17-22-7-4-5-9-27(22)37-28/h4-5,7,9,11-18,20,25,32H,3,6,8,10,19H2,1-2H3,(H,34,35)/t20-,25+/m0/s1. The lowest BCUT2D eigenvalue weighted by atomic mass is 9.99. The van der Waals surface area contributed by atoms with Crippen LogP contribution >= 0.6 is 0 Å². The number of carboxylic acid groups (broad SMARTS) is 1. The summed E-state index contributed by atoms with van der Waals surface area (Å²) in [5, 5.41) is 13.3. The first-order valence-electron chi connectivity index (χ1n) is 12.6. The highest BCUT2D eigenvalue weighted by Gasteiger charge is 2.18. The second-order valence-electron chi connectivity index (χ2n) is 9.23. The third-order valence-corrected chi connectivity index (χ3v) is 6.54. The number of aliphatic carboxylic acids is 1. The fraction of sp³-hybridized carbons (Fsp3) is 0.300. The lowest BCUT2D eigenvalue weighted by molar-refractivity contribution is -0.137. The van der Waals surface area contributed by atoms with Crippen molar-refractivity contribution >= 4 is 28.4 Å². The predicted octanol–water partition coefficient (Wildman–Crippen LogP) is 6.84. The van der Waals surface area contributed by atoms with Gasteiger partial charge in [-0.1, -0.05) is 38.5 Å². The molecule has 37 heavy (non-hydrogen) atoms. The number of Topliss-reactive ketones (excluding diaryl/α,β-unsaturated/α-hetero) is 1. The summed E-state index contributed by atoms with van der Waals surface area (Å²) in [7, 11) is 0. The van der Waals surface area contributed by atoms with E-state index in [9.17, 15) is 9.59 Å². The molecule has 0 aliphatic rings. The van der Waals surface area contributed by atoms with Gasteiger partial charge in [0.05, 0.1) is 6.04 Å². The number of anilines is 1. The SMILES string of the molecule is CC[C@H](C)[C@@H](COc1ccc(-c2cc3ccccc3o2)cn1)Nc1ccc(C(=O)CCCC(=O)O)cc1. The molecule has 7 heteroatoms. The Kier molecular flexibility index (Phi) is 8.56. The molecule has 0 fully saturated rings. The van der Waals surface area contributed by atoms with Gasteiger partial charge in [0.1, 0.15) is 18.0 Å². The third-order valence-electron chi connectivity index (χ3n) is 6.54. The number of rotatable bonds is 13. The quantitative estimate of drug-likeness (QED) is 0.194. The summed E-state index contributed by atoms with van der Waals surface area (Å²) < 4.78 is 12.0. The molecule has 0 amide bonds. The number of carbonyl (C=O) groups excluding carboxylic acids is 1. The fourth-order valence-corrected chi connectivity index (χ4v) is 4.05. The average molecular weight is 501 g/mol. The van der Waals surface area contributed by atoms with Crippen LogP contribution in [0.15, 0.2) is 77.3 Å². The molecule has 0 aliphatic heterocycles. The van der Waals surface area contributed by atoms with E-state index in [0.717, 1.165) is 34.4 Å². The number of nitrogens with one attached hydrogen (secondary N) is 1. The Morgan fingerprint density at radius 3 is 2.51 bits per heavy atom. The highest BCUT2D eigenvalue weighted by atomic mass is 16.5. The van der Waals surface area contributed by atoms with Gasteiger partial charge in [0, 0.05) is 47.3 Å². The summed E-state index contributed by atoms with van der Waals surface area (Å²) in [4.78, 5) is 27.4. The largest absolute Gasteiger partial charge is 0.481 e. The van der Waals surface area contributed by atoms with E-state index in [1.165, 1.54) is 0 Å². The highest BCUT2D eigenvalue weighted by molar-refractivity contribution is 5.96. The number of aromatic nitrogens is 1. The van der Waals surface area contributed by atoms with Crippen LogP contribution in [0.3, 0.4) is 0 Å². The molecule has 0 bridgehead atoms. The lowest BCUT2D eigenvalue weighted by Gasteiger charge is -2.25. The summed E-state index contributed by atoms with van der Waals surface area (Å²) in [6.45, 7) is 4.74. The van der Waals surface area contributed by atoms with Gasteiger partial charge in [-0.2, -0.15) is 0 Å². The normalized spacial score (nSPS) is 12.7. The number of furan rings is 1. The van der Waals surface area contributed by atoms with Crippen LogP contribution in [-0.4, -0.2) is 34.5 Å². The van der Waals surface area contributed by atoms with E-state index in [2.05, 4.69) is 24.1 Å². The van der Waals surface area contributed by atoms with Crippen LogP contribution in [0.5, 0.6) is 5.88 Å². The second kappa shape index (κ2) is 12.2. The van der Waals surface area contributed by atoms with E-state index < -0.39 is 5.97 Å². The number of hydrogen-bond acceptors (Lipinski definition) is 6. The first-order valence-corrected chi connectivity index (χ1v) is 12.6. The van der Waals surface area contributed by atoms with Crippen LogP contribution in [0.25, 0.3) is 22.3 Å². The number of hydrogen-bond donors (Lipinski definition) is 2. The zero-order valence-corrected chi connectivity index (χ0v) is 21.1. The minimum absolute atomic E-state index is 0.000542. The molecule has 2 aromatic heterocycles. The second-order valence-corrected chi connectivity index (χ2v) is 9.23. The summed E-state index contributed by atoms with van der Waals surface area (Å²) in [6.07, 6.45) is 3.30. The van der Waals surface area contributed by atoms with E-state index in [4.69, 9.17) is 14.3 Å². The van der Waals surface area contributed by atoms with Gasteiger partial charge in [-0.3, -0.25) is 9.59 Å². The van der Waals surface area contributed by atoms with Gasteiger partial charge >= 0.3 is 5.97 Å². The Balaban J connectivity index is 1.35. The minimum atomic E-state index is -0.886. The van der Waals surface area contributed by atoms with Crippen molar-refractivity contribution in [2.24, 2.45) is 5.92 Å². The van der Waals surface area contributed by atoms with Gasteiger partial charge in [0.2, 0.25) is 5.88 Å². The molecule has 0 aliphatic carbocycles. The monoisotopic (exact) mass is 500 g/mol. The van der Waals surface area contributed by atoms with Crippen molar-refractivity contribution in [2.45, 2.75) is 45.6 Å². The van der Waals surface area contributed by atoms with Crippen molar-refractivity contribution in [3.05, 3.63) is 78.5 Å². The fourth-order valence-electron chi connectivity index (χ4n) is 4.05. The van der Waals surface area contributed by atoms with Crippen molar-refractivity contribution in [3.63, 3.8) is 0 Å². The van der Waals surface area contributed by atoms with E-state index in [-0.39, 0.29) is 24.7 Å². The minimum Gasteiger partial charge on any atom is -0.481 e. The molecule has 2 N–H and O–H groups in total. The van der Waals surface area contributed by atoms with Crippen LogP contribution in [0.2, 0.25) is 0 Å². The number of nitrogens with zero attached hydrogens (tertiary/aromatic N) is 1. The van der Waals surface area contributed by atoms with Crippen LogP contribution in [0, 0.1) is 5.92 Å². The molecule has 0 saturated carbocycles. The van der Waals surface area contributed by atoms with Crippen LogP contribution in [0.4, 0.5) is 5.69 Å². The van der Waals surface area contributed by atoms with Crippen molar-refractivity contribution in [2.75, 3.05) is 11.9 Å². The van der Waals surface area contributed by atoms with Crippen molar-refractivity contribution in [1.82, 2.24) is 4.98 Å². The molecule has 7 nitrogen and oxygen atoms in total. The Bertz CT molecular complexity index is 1300. The van der Waals surface area contributed by atoms with Crippen LogP contribution in [0.1, 0.15) is 49.9 Å². The third kappa shape index (κ3) is 6.97. The Hall–Kier alpha value is -4.13. The molecular formula is C30H32N2O5. The van der Waals surface area contributed by atoms with E-state index in [1.807, 2.05) is 54.6 Å². The molecule has 192 valence electrons. The Morgan fingerprint density at radius 2 is 1.84 bits per heavy atom. The molecule has 2 heterocycles. The molecule has 2 aromatic carbocycles. The molecule has 4 aromatic rings. The zero-order valence-electron chi connectivity index (χ0n) is 21.1. The van der Waals surface area contributed by atoms with Gasteiger partial charge in [0.15, 0.2) is 5.78 Å². The van der Waals surface area contributed by atoms with E-state index in [1.54, 1.807) is 18.3 Å². The Labute approximate surface area is 216 Å². The molecule has 4 rings (SSSR count). The van der Waals surface area contributed by atoms with Gasteiger partial charge < -0.3 is 19.6 Å². The van der Waals surface area contributed by atoms with Crippen LogP contribution in [-0.2, 0) is 4.79 Å². The first-order chi connectivity index (χ1) is 17.9. The van der Waals surface area contributed by atoms with Gasteiger partial charge in [-0.05, 0) is 54.8 Å². The first kappa shape index (κ1) is 25.9. The van der Waals surface area contributed by atoms with Crippen molar-refractivity contribution < 1.29 is 23.8 Å². The lowest BCUT2D eigenvalue weighted by Crippen LogP contribution is -2.33. The highest BCUT2D eigenvalue weighted by Crippen LogP contribution is 2.28. The van der Waals surface area contributed by atoms with Crippen molar-refractivity contribution in [3.8, 4) is 17.2 Å². The number of benzene rings is 2. The molecular weight excluding hydrogens is 468 g/mol. The van der Waals surface area contributed by atoms with Gasteiger partial charge in [0.25, 0.3) is 0 Å². The number of carbonyl (C=O) groups is 2. The number of carboxylic acids is 1. The molecule has 2 atom stereocenters. The number of ketones is 1. The van der Waals surface area contributed by atoms with E-state index >= 15 is 0 Å².